The van der Waals surface area contributed by atoms with E-state index in [9.17, 15) is 9.59 Å². The minimum absolute atomic E-state index is 0.307. The number of hydrogen-bond acceptors (Lipinski definition) is 6. The van der Waals surface area contributed by atoms with Gasteiger partial charge in [0.2, 0.25) is 0 Å². The van der Waals surface area contributed by atoms with Gasteiger partial charge in [0.1, 0.15) is 10.7 Å². The summed E-state index contributed by atoms with van der Waals surface area (Å²) in [6.07, 6.45) is 2.03. The Kier molecular flexibility index (Phi) is 4.18. The van der Waals surface area contributed by atoms with E-state index in [4.69, 9.17) is 10.6 Å². The Labute approximate surface area is 149 Å². The normalized spacial score (nSPS) is 17.6. The number of fused-ring (bicyclic) bond motifs is 1. The van der Waals surface area contributed by atoms with Crippen LogP contribution in [0.5, 0.6) is 0 Å². The van der Waals surface area contributed by atoms with Crippen molar-refractivity contribution in [2.45, 2.75) is 45.3 Å². The molecule has 0 bridgehead atoms. The second kappa shape index (κ2) is 5.94. The quantitative estimate of drug-likeness (QED) is 0.377. The van der Waals surface area contributed by atoms with Crippen LogP contribution in [0.4, 0.5) is 5.00 Å². The van der Waals surface area contributed by atoms with Gasteiger partial charge in [-0.3, -0.25) is 20.1 Å². The smallest absolute Gasteiger partial charge is 0.274 e. The summed E-state index contributed by atoms with van der Waals surface area (Å²) in [6.45, 7) is 7.85. The zero-order valence-corrected chi connectivity index (χ0v) is 15.3. The molecule has 0 fully saturated rings. The Balaban J connectivity index is 2.09. The van der Waals surface area contributed by atoms with E-state index in [0.717, 1.165) is 10.4 Å². The third-order valence-corrected chi connectivity index (χ3v) is 5.47. The highest BCUT2D eigenvalue weighted by Crippen LogP contribution is 2.48. The second-order valence-electron chi connectivity index (χ2n) is 7.06. The summed E-state index contributed by atoms with van der Waals surface area (Å²) in [7, 11) is 0. The molecule has 0 aliphatic carbocycles. The van der Waals surface area contributed by atoms with Crippen molar-refractivity contribution in [2.75, 3.05) is 5.32 Å². The van der Waals surface area contributed by atoms with Crippen LogP contribution in [0.25, 0.3) is 0 Å². The maximum absolute atomic E-state index is 12.4. The van der Waals surface area contributed by atoms with E-state index in [-0.39, 0.29) is 5.91 Å². The van der Waals surface area contributed by atoms with E-state index in [2.05, 4.69) is 20.9 Å². The average molecular weight is 363 g/mol. The van der Waals surface area contributed by atoms with Crippen LogP contribution >= 0.6 is 11.3 Å². The molecule has 1 aliphatic rings. The van der Waals surface area contributed by atoms with E-state index >= 15 is 0 Å². The van der Waals surface area contributed by atoms with Gasteiger partial charge in [-0.25, -0.2) is 5.84 Å². The first-order valence-electron chi connectivity index (χ1n) is 7.82. The standard InChI is InChI=1S/C16H21N5O3S/c1-15(2)7-8-10(13(23)20-17)14(25-11(8)16(3,4)24-15)19-12(22)9-5-6-18-21-9/h5-6H,7,17H2,1-4H3,(H,18,21)(H,19,22)(H,20,23). The first-order chi connectivity index (χ1) is 11.6. The summed E-state index contributed by atoms with van der Waals surface area (Å²) in [5.74, 6) is 4.56. The number of thiophene rings is 1. The van der Waals surface area contributed by atoms with Gasteiger partial charge in [-0.2, -0.15) is 5.10 Å². The molecule has 25 heavy (non-hydrogen) atoms. The van der Waals surface area contributed by atoms with Crippen LogP contribution in [-0.4, -0.2) is 27.6 Å². The predicted octanol–water partition coefficient (Wildman–Crippen LogP) is 1.91. The fourth-order valence-corrected chi connectivity index (χ4v) is 4.52. The zero-order valence-electron chi connectivity index (χ0n) is 14.5. The van der Waals surface area contributed by atoms with Crippen molar-refractivity contribution in [1.29, 1.82) is 0 Å². The molecule has 3 heterocycles. The lowest BCUT2D eigenvalue weighted by Crippen LogP contribution is -2.42. The van der Waals surface area contributed by atoms with Crippen molar-refractivity contribution in [2.24, 2.45) is 5.84 Å². The molecule has 0 atom stereocenters. The van der Waals surface area contributed by atoms with Crippen LogP contribution in [0.3, 0.4) is 0 Å². The average Bonchev–Trinajstić information content (AvgIpc) is 3.12. The predicted molar refractivity (Wildman–Crippen MR) is 94.4 cm³/mol. The molecule has 2 aromatic rings. The number of nitrogen functional groups attached to an aromatic ring is 1. The van der Waals surface area contributed by atoms with Crippen molar-refractivity contribution >= 4 is 28.2 Å². The van der Waals surface area contributed by atoms with Crippen molar-refractivity contribution < 1.29 is 14.3 Å². The molecule has 0 unspecified atom stereocenters. The topological polar surface area (TPSA) is 122 Å². The van der Waals surface area contributed by atoms with Crippen LogP contribution in [0.1, 0.15) is 59.0 Å². The Morgan fingerprint density at radius 1 is 1.32 bits per heavy atom. The highest BCUT2D eigenvalue weighted by molar-refractivity contribution is 7.17. The first-order valence-corrected chi connectivity index (χ1v) is 8.64. The summed E-state index contributed by atoms with van der Waals surface area (Å²) in [5, 5.41) is 9.60. The molecule has 134 valence electrons. The molecule has 2 aromatic heterocycles. The monoisotopic (exact) mass is 363 g/mol. The minimum atomic E-state index is -0.581. The third-order valence-electron chi connectivity index (χ3n) is 4.02. The number of carbonyl (C=O) groups is 2. The molecule has 0 radical (unpaired) electrons. The summed E-state index contributed by atoms with van der Waals surface area (Å²) < 4.78 is 6.17. The molecule has 8 nitrogen and oxygen atoms in total. The van der Waals surface area contributed by atoms with Crippen molar-refractivity contribution in [1.82, 2.24) is 15.6 Å². The Hall–Kier alpha value is -2.23. The second-order valence-corrected chi connectivity index (χ2v) is 8.08. The van der Waals surface area contributed by atoms with E-state index in [1.807, 2.05) is 27.7 Å². The minimum Gasteiger partial charge on any atom is -0.364 e. The zero-order chi connectivity index (χ0) is 18.4. The van der Waals surface area contributed by atoms with E-state index in [1.165, 1.54) is 17.5 Å². The Morgan fingerprint density at radius 3 is 2.64 bits per heavy atom. The summed E-state index contributed by atoms with van der Waals surface area (Å²) >= 11 is 1.33. The maximum Gasteiger partial charge on any atom is 0.274 e. The number of ether oxygens (including phenoxy) is 1. The van der Waals surface area contributed by atoms with Gasteiger partial charge in [-0.05, 0) is 39.3 Å². The fraction of sp³-hybridized carbons (Fsp3) is 0.438. The highest BCUT2D eigenvalue weighted by atomic mass is 32.1. The van der Waals surface area contributed by atoms with Gasteiger partial charge in [0.05, 0.1) is 16.8 Å². The Morgan fingerprint density at radius 2 is 2.04 bits per heavy atom. The number of hydrogen-bond donors (Lipinski definition) is 4. The fourth-order valence-electron chi connectivity index (χ4n) is 3.27. The molecule has 2 amide bonds. The molecule has 9 heteroatoms. The van der Waals surface area contributed by atoms with Gasteiger partial charge in [-0.1, -0.05) is 0 Å². The summed E-state index contributed by atoms with van der Waals surface area (Å²) in [5.41, 5.74) is 2.71. The van der Waals surface area contributed by atoms with Gasteiger partial charge >= 0.3 is 0 Å². The Bertz CT molecular complexity index is 823. The molecule has 0 spiro atoms. The van der Waals surface area contributed by atoms with Gasteiger partial charge in [0, 0.05) is 17.5 Å². The van der Waals surface area contributed by atoms with Gasteiger partial charge < -0.3 is 10.1 Å². The number of aromatic amines is 1. The number of anilines is 1. The molecular weight excluding hydrogens is 342 g/mol. The number of amides is 2. The lowest BCUT2D eigenvalue weighted by Gasteiger charge is -2.41. The number of H-pyrrole nitrogens is 1. The number of nitrogens with two attached hydrogens (primary N) is 1. The maximum atomic E-state index is 12.4. The van der Waals surface area contributed by atoms with Gasteiger partial charge in [0.25, 0.3) is 11.8 Å². The van der Waals surface area contributed by atoms with Crippen LogP contribution in [0.2, 0.25) is 0 Å². The molecular formula is C16H21N5O3S. The first kappa shape index (κ1) is 17.6. The van der Waals surface area contributed by atoms with Crippen LogP contribution < -0.4 is 16.6 Å². The molecule has 1 aliphatic heterocycles. The van der Waals surface area contributed by atoms with Crippen molar-refractivity contribution in [3.63, 3.8) is 0 Å². The number of nitrogens with zero attached hydrogens (tertiary/aromatic N) is 1. The number of hydrazine groups is 1. The third kappa shape index (κ3) is 3.17. The van der Waals surface area contributed by atoms with Crippen molar-refractivity contribution in [3.05, 3.63) is 34.0 Å². The van der Waals surface area contributed by atoms with E-state index in [1.54, 1.807) is 6.07 Å². The van der Waals surface area contributed by atoms with Crippen LogP contribution in [0.15, 0.2) is 12.3 Å². The lowest BCUT2D eigenvalue weighted by molar-refractivity contribution is -0.135. The van der Waals surface area contributed by atoms with E-state index < -0.39 is 17.1 Å². The number of rotatable bonds is 3. The SMILES string of the molecule is CC1(C)Cc2c(sc(NC(=O)c3ccn[nH]3)c2C(=O)NN)C(C)(C)O1. The molecule has 0 saturated carbocycles. The molecule has 5 N–H and O–H groups in total. The van der Waals surface area contributed by atoms with E-state index in [0.29, 0.717) is 22.7 Å². The molecule has 0 aromatic carbocycles. The summed E-state index contributed by atoms with van der Waals surface area (Å²) in [6, 6.07) is 1.56. The number of aromatic nitrogens is 2. The highest BCUT2D eigenvalue weighted by Gasteiger charge is 2.43. The molecule has 0 saturated heterocycles. The molecule has 3 rings (SSSR count). The van der Waals surface area contributed by atoms with Gasteiger partial charge in [-0.15, -0.1) is 11.3 Å². The lowest BCUT2D eigenvalue weighted by atomic mass is 9.86. The number of carbonyl (C=O) groups excluding carboxylic acids is 2. The summed E-state index contributed by atoms with van der Waals surface area (Å²) in [4.78, 5) is 25.7. The van der Waals surface area contributed by atoms with Crippen LogP contribution in [-0.2, 0) is 16.8 Å². The number of nitrogens with one attached hydrogen (secondary N) is 3. The largest absolute Gasteiger partial charge is 0.364 e. The van der Waals surface area contributed by atoms with Crippen molar-refractivity contribution in [3.8, 4) is 0 Å². The van der Waals surface area contributed by atoms with Crippen LogP contribution in [0, 0.1) is 0 Å². The van der Waals surface area contributed by atoms with Gasteiger partial charge in [0.15, 0.2) is 0 Å².